The maximum Gasteiger partial charge on any atom is 0.205 e. The van der Waals surface area contributed by atoms with Crippen LogP contribution in [0.5, 0.6) is 0 Å². The fraction of sp³-hybridized carbons (Fsp3) is 0.310. The molecule has 0 saturated heterocycles. The number of thiophene rings is 1. The van der Waals surface area contributed by atoms with Crippen molar-refractivity contribution in [2.45, 2.75) is 53.4 Å². The van der Waals surface area contributed by atoms with Crippen LogP contribution < -0.4 is 11.1 Å². The molecule has 3 N–H and O–H groups in total. The smallest absolute Gasteiger partial charge is 0.205 e. The van der Waals surface area contributed by atoms with Crippen LogP contribution in [0.25, 0.3) is 0 Å². The highest BCUT2D eigenvalue weighted by Gasteiger charge is 2.43. The molecule has 5 heteroatoms. The minimum absolute atomic E-state index is 0.0508. The Morgan fingerprint density at radius 2 is 1.71 bits per heavy atom. The lowest BCUT2D eigenvalue weighted by atomic mass is 9.69. The van der Waals surface area contributed by atoms with Gasteiger partial charge in [0, 0.05) is 34.7 Å². The van der Waals surface area contributed by atoms with E-state index in [-0.39, 0.29) is 22.9 Å². The van der Waals surface area contributed by atoms with E-state index in [0.29, 0.717) is 22.5 Å². The molecule has 174 valence electrons. The summed E-state index contributed by atoms with van der Waals surface area (Å²) in [6.07, 6.45) is 1.29. The minimum atomic E-state index is -0.269. The maximum atomic E-state index is 13.8. The molecule has 1 aromatic heterocycles. The van der Waals surface area contributed by atoms with Crippen molar-refractivity contribution in [1.82, 2.24) is 0 Å². The number of nitrogens with two attached hydrogens (primary N) is 1. The van der Waals surface area contributed by atoms with Crippen LogP contribution in [0.1, 0.15) is 75.7 Å². The topological polar surface area (TPSA) is 72.2 Å². The highest BCUT2D eigenvalue weighted by molar-refractivity contribution is 7.19. The van der Waals surface area contributed by atoms with Gasteiger partial charge in [-0.3, -0.25) is 9.59 Å². The average Bonchev–Trinajstić information content (AvgIpc) is 3.07. The lowest BCUT2D eigenvalue weighted by Crippen LogP contribution is -2.33. The molecule has 4 nitrogen and oxygen atoms in total. The number of nitrogen functional groups attached to an aromatic ring is 1. The van der Waals surface area contributed by atoms with Gasteiger partial charge in [0.15, 0.2) is 5.78 Å². The van der Waals surface area contributed by atoms with Gasteiger partial charge in [0.1, 0.15) is 4.88 Å². The van der Waals surface area contributed by atoms with Crippen LogP contribution in [0.2, 0.25) is 0 Å². The number of ketones is 2. The Kier molecular flexibility index (Phi) is 5.28. The number of allylic oxidation sites excluding steroid dienone is 2. The van der Waals surface area contributed by atoms with Gasteiger partial charge in [-0.25, -0.2) is 0 Å². The summed E-state index contributed by atoms with van der Waals surface area (Å²) in [6, 6.07) is 14.1. The molecule has 1 atom stereocenters. The number of carbonyl (C=O) groups is 2. The third kappa shape index (κ3) is 3.59. The molecule has 1 unspecified atom stereocenters. The molecular formula is C29H30N2O2S. The lowest BCUT2D eigenvalue weighted by molar-refractivity contribution is -0.118. The van der Waals surface area contributed by atoms with Gasteiger partial charge in [0.05, 0.1) is 10.7 Å². The number of carbonyl (C=O) groups excluding carboxylic acids is 2. The van der Waals surface area contributed by atoms with Crippen LogP contribution in [0.4, 0.5) is 10.7 Å². The first-order chi connectivity index (χ1) is 16.1. The SMILES string of the molecule is Cc1cc(C)c(C(=O)c2sc3c(c2N)C(c2ccccc2)C2=C(CC(C)(C)CC2=O)N3)c(C)c1. The molecule has 2 aliphatic rings. The molecular weight excluding hydrogens is 440 g/mol. The van der Waals surface area contributed by atoms with Crippen molar-refractivity contribution in [3.63, 3.8) is 0 Å². The standard InChI is InChI=1S/C29H30N2O2S/c1-15-11-16(2)21(17(3)12-15)26(33)27-25(30)24-22(18-9-7-6-8-10-18)23-19(31-28(24)34-27)13-29(4,5)14-20(23)32/h6-12,22,31H,13-14,30H2,1-5H3. The summed E-state index contributed by atoms with van der Waals surface area (Å²) in [5.74, 6) is -0.166. The Hall–Kier alpha value is -3.18. The lowest BCUT2D eigenvalue weighted by Gasteiger charge is -2.38. The van der Waals surface area contributed by atoms with Crippen molar-refractivity contribution in [2.75, 3.05) is 11.1 Å². The van der Waals surface area contributed by atoms with E-state index in [4.69, 9.17) is 5.73 Å². The van der Waals surface area contributed by atoms with Gasteiger partial charge in [-0.2, -0.15) is 0 Å². The van der Waals surface area contributed by atoms with E-state index >= 15 is 0 Å². The second-order valence-corrected chi connectivity index (χ2v) is 11.5. The molecule has 34 heavy (non-hydrogen) atoms. The van der Waals surface area contributed by atoms with E-state index in [0.717, 1.165) is 50.5 Å². The summed E-state index contributed by atoms with van der Waals surface area (Å²) < 4.78 is 0. The Bertz CT molecular complexity index is 1360. The summed E-state index contributed by atoms with van der Waals surface area (Å²) in [6.45, 7) is 10.2. The Morgan fingerprint density at radius 1 is 1.06 bits per heavy atom. The van der Waals surface area contributed by atoms with Crippen LogP contribution >= 0.6 is 11.3 Å². The molecule has 0 radical (unpaired) electrons. The van der Waals surface area contributed by atoms with Crippen LogP contribution in [0.15, 0.2) is 53.7 Å². The molecule has 0 fully saturated rings. The number of hydrogen-bond donors (Lipinski definition) is 2. The molecule has 1 aliphatic heterocycles. The third-order valence-electron chi connectivity index (χ3n) is 6.99. The molecule has 0 saturated carbocycles. The highest BCUT2D eigenvalue weighted by atomic mass is 32.1. The van der Waals surface area contributed by atoms with Gasteiger partial charge < -0.3 is 11.1 Å². The van der Waals surface area contributed by atoms with Gasteiger partial charge in [-0.15, -0.1) is 11.3 Å². The van der Waals surface area contributed by atoms with Crippen LogP contribution in [0.3, 0.4) is 0 Å². The van der Waals surface area contributed by atoms with Gasteiger partial charge in [0.25, 0.3) is 0 Å². The van der Waals surface area contributed by atoms with Crippen molar-refractivity contribution in [2.24, 2.45) is 5.41 Å². The summed E-state index contributed by atoms with van der Waals surface area (Å²) in [5.41, 5.74) is 14.5. The van der Waals surface area contributed by atoms with Crippen molar-refractivity contribution in [1.29, 1.82) is 0 Å². The predicted octanol–water partition coefficient (Wildman–Crippen LogP) is 6.69. The third-order valence-corrected chi connectivity index (χ3v) is 8.12. The van der Waals surface area contributed by atoms with E-state index in [1.165, 1.54) is 11.3 Å². The molecule has 3 aromatic rings. The number of anilines is 2. The second-order valence-electron chi connectivity index (χ2n) is 10.5. The summed E-state index contributed by atoms with van der Waals surface area (Å²) in [4.78, 5) is 27.8. The van der Waals surface area contributed by atoms with E-state index in [1.54, 1.807) is 0 Å². The molecule has 0 bridgehead atoms. The molecule has 0 spiro atoms. The quantitative estimate of drug-likeness (QED) is 0.419. The zero-order valence-corrected chi connectivity index (χ0v) is 21.2. The molecule has 1 aliphatic carbocycles. The number of aryl methyl sites for hydroxylation is 3. The second kappa shape index (κ2) is 7.95. The molecule has 2 heterocycles. The van der Waals surface area contributed by atoms with Crippen molar-refractivity contribution in [3.05, 3.63) is 92.0 Å². The first-order valence-corrected chi connectivity index (χ1v) is 12.5. The number of hydrogen-bond acceptors (Lipinski definition) is 5. The average molecular weight is 471 g/mol. The zero-order valence-electron chi connectivity index (χ0n) is 20.3. The van der Waals surface area contributed by atoms with Gasteiger partial charge in [0.2, 0.25) is 5.78 Å². The largest absolute Gasteiger partial charge is 0.397 e. The Labute approximate surface area is 204 Å². The van der Waals surface area contributed by atoms with Gasteiger partial charge >= 0.3 is 0 Å². The van der Waals surface area contributed by atoms with Crippen LogP contribution in [-0.2, 0) is 4.79 Å². The number of rotatable bonds is 3. The first kappa shape index (κ1) is 22.6. The zero-order chi connectivity index (χ0) is 24.4. The number of nitrogens with one attached hydrogen (secondary N) is 1. The van der Waals surface area contributed by atoms with E-state index in [1.807, 2.05) is 63.2 Å². The van der Waals surface area contributed by atoms with E-state index < -0.39 is 0 Å². The predicted molar refractivity (Wildman–Crippen MR) is 140 cm³/mol. The fourth-order valence-corrected chi connectivity index (χ4v) is 6.83. The molecule has 5 rings (SSSR count). The fourth-order valence-electron chi connectivity index (χ4n) is 5.70. The summed E-state index contributed by atoms with van der Waals surface area (Å²) in [7, 11) is 0. The van der Waals surface area contributed by atoms with Gasteiger partial charge in [-0.1, -0.05) is 61.9 Å². The van der Waals surface area contributed by atoms with Crippen LogP contribution in [0, 0.1) is 26.2 Å². The first-order valence-electron chi connectivity index (χ1n) is 11.7. The van der Waals surface area contributed by atoms with Crippen molar-refractivity contribution in [3.8, 4) is 0 Å². The number of benzene rings is 2. The maximum absolute atomic E-state index is 13.8. The molecule has 0 amide bonds. The highest BCUT2D eigenvalue weighted by Crippen LogP contribution is 2.54. The summed E-state index contributed by atoms with van der Waals surface area (Å²) in [5, 5.41) is 4.41. The number of fused-ring (bicyclic) bond motifs is 1. The monoisotopic (exact) mass is 470 g/mol. The number of Topliss-reactive ketones (excluding diaryl/α,β-unsaturated/α-hetero) is 1. The normalized spacial score (nSPS) is 18.9. The van der Waals surface area contributed by atoms with Gasteiger partial charge in [-0.05, 0) is 49.3 Å². The molecule has 2 aromatic carbocycles. The van der Waals surface area contributed by atoms with Crippen LogP contribution in [-0.4, -0.2) is 11.6 Å². The van der Waals surface area contributed by atoms with Crippen molar-refractivity contribution >= 4 is 33.6 Å². The van der Waals surface area contributed by atoms with Crippen molar-refractivity contribution < 1.29 is 9.59 Å². The Balaban J connectivity index is 1.70. The Morgan fingerprint density at radius 3 is 2.35 bits per heavy atom. The van der Waals surface area contributed by atoms with E-state index in [9.17, 15) is 9.59 Å². The summed E-state index contributed by atoms with van der Waals surface area (Å²) >= 11 is 1.41. The minimum Gasteiger partial charge on any atom is -0.397 e. The van der Waals surface area contributed by atoms with E-state index in [2.05, 4.69) is 19.2 Å².